The molecule has 2 heterocycles. The number of nitro groups is 1. The fraction of sp³-hybridized carbons (Fsp3) is 0.0909. The summed E-state index contributed by atoms with van der Waals surface area (Å²) in [4.78, 5) is 22.2. The Bertz CT molecular complexity index is 644. The first kappa shape index (κ1) is 13.0. The van der Waals surface area contributed by atoms with Gasteiger partial charge in [0.1, 0.15) is 5.76 Å². The van der Waals surface area contributed by atoms with Crippen LogP contribution in [0.1, 0.15) is 10.6 Å². The summed E-state index contributed by atoms with van der Waals surface area (Å²) in [6, 6.07) is 4.55. The number of carbonyl (C=O) groups excluding carboxylic acids is 1. The lowest BCUT2D eigenvalue weighted by Crippen LogP contribution is -2.07. The van der Waals surface area contributed by atoms with Crippen LogP contribution in [0, 0.1) is 17.0 Å². The molecule has 0 saturated heterocycles. The van der Waals surface area contributed by atoms with Crippen molar-refractivity contribution in [2.45, 2.75) is 6.92 Å². The van der Waals surface area contributed by atoms with E-state index in [0.717, 1.165) is 11.3 Å². The minimum Gasteiger partial charge on any atom is -0.360 e. The van der Waals surface area contributed by atoms with E-state index in [1.165, 1.54) is 18.2 Å². The Kier molecular flexibility index (Phi) is 3.71. The Balaban J connectivity index is 1.97. The minimum absolute atomic E-state index is 0.0344. The highest BCUT2D eigenvalue weighted by molar-refractivity contribution is 7.16. The molecule has 0 aliphatic carbocycles. The van der Waals surface area contributed by atoms with Gasteiger partial charge in [-0.2, -0.15) is 0 Å². The highest BCUT2D eigenvalue weighted by atomic mass is 32.1. The van der Waals surface area contributed by atoms with E-state index in [1.54, 1.807) is 19.1 Å². The maximum absolute atomic E-state index is 11.5. The number of anilines is 1. The van der Waals surface area contributed by atoms with E-state index < -0.39 is 4.92 Å². The Morgan fingerprint density at radius 3 is 2.95 bits per heavy atom. The van der Waals surface area contributed by atoms with Gasteiger partial charge in [0.05, 0.1) is 4.92 Å². The van der Waals surface area contributed by atoms with Crippen molar-refractivity contribution in [3.63, 3.8) is 0 Å². The van der Waals surface area contributed by atoms with Crippen molar-refractivity contribution >= 4 is 34.1 Å². The standard InChI is InChI=1S/C11H9N3O4S/c1-7-6-9(13-18-7)12-10(15)4-2-8-3-5-11(19-8)14(16)17/h2-6H,1H3,(H,12,13,15). The summed E-state index contributed by atoms with van der Waals surface area (Å²) in [6.45, 7) is 1.71. The SMILES string of the molecule is Cc1cc(NC(=O)C=Cc2ccc([N+](=O)[O-])s2)no1. The molecule has 0 fully saturated rings. The van der Waals surface area contributed by atoms with Crippen molar-refractivity contribution in [3.8, 4) is 0 Å². The molecule has 0 radical (unpaired) electrons. The number of aromatic nitrogens is 1. The third kappa shape index (κ3) is 3.49. The lowest BCUT2D eigenvalue weighted by Gasteiger charge is -1.93. The topological polar surface area (TPSA) is 98.3 Å². The van der Waals surface area contributed by atoms with Crippen molar-refractivity contribution in [2.75, 3.05) is 5.32 Å². The third-order valence-corrected chi connectivity index (χ3v) is 3.07. The van der Waals surface area contributed by atoms with Crippen molar-refractivity contribution in [1.29, 1.82) is 0 Å². The van der Waals surface area contributed by atoms with Crippen LogP contribution in [-0.2, 0) is 4.79 Å². The molecule has 0 bridgehead atoms. The molecule has 0 unspecified atom stereocenters. The molecule has 0 aliphatic heterocycles. The Morgan fingerprint density at radius 1 is 1.58 bits per heavy atom. The fourth-order valence-electron chi connectivity index (χ4n) is 1.28. The number of carbonyl (C=O) groups is 1. The number of amides is 1. The minimum atomic E-state index is -0.472. The molecular weight excluding hydrogens is 270 g/mol. The summed E-state index contributed by atoms with van der Waals surface area (Å²) in [5, 5.41) is 16.6. The molecule has 0 atom stereocenters. The summed E-state index contributed by atoms with van der Waals surface area (Å²) >= 11 is 0.993. The normalized spacial score (nSPS) is 10.8. The van der Waals surface area contributed by atoms with Crippen molar-refractivity contribution in [2.24, 2.45) is 0 Å². The van der Waals surface area contributed by atoms with Crippen LogP contribution in [0.25, 0.3) is 6.08 Å². The summed E-state index contributed by atoms with van der Waals surface area (Å²) in [7, 11) is 0. The van der Waals surface area contributed by atoms with Gasteiger partial charge in [0, 0.05) is 23.1 Å². The van der Waals surface area contributed by atoms with E-state index in [4.69, 9.17) is 4.52 Å². The molecule has 19 heavy (non-hydrogen) atoms. The molecule has 0 aromatic carbocycles. The predicted octanol–water partition coefficient (Wildman–Crippen LogP) is 2.60. The summed E-state index contributed by atoms with van der Waals surface area (Å²) < 4.78 is 4.80. The number of rotatable bonds is 4. The van der Waals surface area contributed by atoms with E-state index in [9.17, 15) is 14.9 Å². The first-order valence-corrected chi connectivity index (χ1v) is 6.03. The van der Waals surface area contributed by atoms with Crippen molar-refractivity contribution < 1.29 is 14.2 Å². The lowest BCUT2D eigenvalue weighted by molar-refractivity contribution is -0.380. The number of aryl methyl sites for hydroxylation is 1. The second kappa shape index (κ2) is 5.44. The maximum atomic E-state index is 11.5. The van der Waals surface area contributed by atoms with Crippen LogP contribution >= 0.6 is 11.3 Å². The first-order chi connectivity index (χ1) is 9.04. The highest BCUT2D eigenvalue weighted by Crippen LogP contribution is 2.24. The monoisotopic (exact) mass is 279 g/mol. The van der Waals surface area contributed by atoms with Gasteiger partial charge in [-0.05, 0) is 19.1 Å². The molecule has 2 rings (SSSR count). The molecule has 0 aliphatic rings. The van der Waals surface area contributed by atoms with Gasteiger partial charge in [0.2, 0.25) is 5.91 Å². The van der Waals surface area contributed by atoms with Crippen LogP contribution in [0.2, 0.25) is 0 Å². The predicted molar refractivity (Wildman–Crippen MR) is 69.9 cm³/mol. The van der Waals surface area contributed by atoms with Crippen LogP contribution in [0.5, 0.6) is 0 Å². The van der Waals surface area contributed by atoms with E-state index in [0.29, 0.717) is 16.5 Å². The van der Waals surface area contributed by atoms with Gasteiger partial charge >= 0.3 is 5.00 Å². The average Bonchev–Trinajstić information content (AvgIpc) is 2.96. The largest absolute Gasteiger partial charge is 0.360 e. The fourth-order valence-corrected chi connectivity index (χ4v) is 2.01. The van der Waals surface area contributed by atoms with Gasteiger partial charge in [-0.25, -0.2) is 0 Å². The second-order valence-corrected chi connectivity index (χ2v) is 4.67. The molecule has 2 aromatic heterocycles. The van der Waals surface area contributed by atoms with Crippen molar-refractivity contribution in [1.82, 2.24) is 5.16 Å². The Morgan fingerprint density at radius 2 is 2.37 bits per heavy atom. The summed E-state index contributed by atoms with van der Waals surface area (Å²) in [5.41, 5.74) is 0. The van der Waals surface area contributed by atoms with Gasteiger partial charge < -0.3 is 9.84 Å². The second-order valence-electron chi connectivity index (χ2n) is 3.58. The number of hydrogen-bond acceptors (Lipinski definition) is 6. The maximum Gasteiger partial charge on any atom is 0.324 e. The zero-order valence-electron chi connectivity index (χ0n) is 9.82. The van der Waals surface area contributed by atoms with Crippen LogP contribution in [0.4, 0.5) is 10.8 Å². The molecule has 7 nitrogen and oxygen atoms in total. The Hall–Kier alpha value is -2.48. The summed E-state index contributed by atoms with van der Waals surface area (Å²) in [6.07, 6.45) is 2.78. The number of hydrogen-bond donors (Lipinski definition) is 1. The van der Waals surface area contributed by atoms with Crippen molar-refractivity contribution in [3.05, 3.63) is 45.0 Å². The number of nitrogens with zero attached hydrogens (tertiary/aromatic N) is 2. The zero-order chi connectivity index (χ0) is 13.8. The molecule has 1 N–H and O–H groups in total. The van der Waals surface area contributed by atoms with Gasteiger partial charge in [0.25, 0.3) is 0 Å². The third-order valence-electron chi connectivity index (χ3n) is 2.07. The van der Waals surface area contributed by atoms with Crippen LogP contribution < -0.4 is 5.32 Å². The highest BCUT2D eigenvalue weighted by Gasteiger charge is 2.08. The average molecular weight is 279 g/mol. The van der Waals surface area contributed by atoms with Gasteiger partial charge in [-0.15, -0.1) is 0 Å². The molecule has 98 valence electrons. The molecule has 0 saturated carbocycles. The smallest absolute Gasteiger partial charge is 0.324 e. The zero-order valence-corrected chi connectivity index (χ0v) is 10.6. The van der Waals surface area contributed by atoms with Crippen LogP contribution in [0.15, 0.2) is 28.8 Å². The molecule has 8 heteroatoms. The van der Waals surface area contributed by atoms with Crippen LogP contribution in [0.3, 0.4) is 0 Å². The quantitative estimate of drug-likeness (QED) is 0.527. The van der Waals surface area contributed by atoms with E-state index in [2.05, 4.69) is 10.5 Å². The van der Waals surface area contributed by atoms with E-state index >= 15 is 0 Å². The number of thiophene rings is 1. The van der Waals surface area contributed by atoms with E-state index in [-0.39, 0.29) is 10.9 Å². The van der Waals surface area contributed by atoms with E-state index in [1.807, 2.05) is 0 Å². The lowest BCUT2D eigenvalue weighted by atomic mass is 10.4. The molecule has 0 spiro atoms. The first-order valence-electron chi connectivity index (χ1n) is 5.21. The Labute approximate surface area is 111 Å². The number of nitrogens with one attached hydrogen (secondary N) is 1. The van der Waals surface area contributed by atoms with Crippen LogP contribution in [-0.4, -0.2) is 16.0 Å². The molecular formula is C11H9N3O4S. The molecule has 2 aromatic rings. The summed E-state index contributed by atoms with van der Waals surface area (Å²) in [5.74, 6) is 0.529. The molecule has 1 amide bonds. The van der Waals surface area contributed by atoms with Gasteiger partial charge in [-0.3, -0.25) is 14.9 Å². The van der Waals surface area contributed by atoms with Gasteiger partial charge in [-0.1, -0.05) is 16.5 Å². The van der Waals surface area contributed by atoms with Gasteiger partial charge in [0.15, 0.2) is 5.82 Å².